The van der Waals surface area contributed by atoms with Crippen LogP contribution in [0, 0.1) is 0 Å². The molecule has 2 spiro atoms. The lowest BCUT2D eigenvalue weighted by Gasteiger charge is -2.55. The number of carbonyl (C=O) groups excluding carboxylic acids is 2. The van der Waals surface area contributed by atoms with Crippen LogP contribution in [-0.2, 0) is 9.59 Å². The molecule has 1 aliphatic heterocycles. The summed E-state index contributed by atoms with van der Waals surface area (Å²) in [5.74, 6) is -1.15. The summed E-state index contributed by atoms with van der Waals surface area (Å²) in [7, 11) is 0. The van der Waals surface area contributed by atoms with Crippen LogP contribution in [0.4, 0.5) is 5.69 Å². The molecule has 0 atom stereocenters. The van der Waals surface area contributed by atoms with Gasteiger partial charge in [0, 0.05) is 27.8 Å². The van der Waals surface area contributed by atoms with Crippen molar-refractivity contribution in [3.8, 4) is 0 Å². The molecule has 1 saturated heterocycles. The Kier molecular flexibility index (Phi) is 6.16. The van der Waals surface area contributed by atoms with Crippen LogP contribution >= 0.6 is 11.6 Å². The lowest BCUT2D eigenvalue weighted by atomic mass is 9.66. The Morgan fingerprint density at radius 1 is 0.828 bits per heavy atom. The second-order valence-corrected chi connectivity index (χ2v) is 9.78. The Balaban J connectivity index is 1.43. The summed E-state index contributed by atoms with van der Waals surface area (Å²) < 4.78 is 0. The fourth-order valence-electron chi connectivity index (χ4n) is 5.87. The lowest BCUT2D eigenvalue weighted by Crippen LogP contribution is -2.67. The first-order chi connectivity index (χ1) is 14.0. The molecule has 4 rings (SSSR count). The van der Waals surface area contributed by atoms with Gasteiger partial charge in [-0.25, -0.2) is 0 Å². The number of nitrogens with one attached hydrogen (secondary N) is 3. The summed E-state index contributed by atoms with van der Waals surface area (Å²) in [5, 5.41) is 10.4. The summed E-state index contributed by atoms with van der Waals surface area (Å²) in [6.45, 7) is 0. The number of amides is 2. The Morgan fingerprint density at radius 3 is 1.86 bits per heavy atom. The van der Waals surface area contributed by atoms with Crippen LogP contribution in [0.3, 0.4) is 0 Å². The van der Waals surface area contributed by atoms with Crippen molar-refractivity contribution in [3.63, 3.8) is 0 Å². The van der Waals surface area contributed by atoms with Gasteiger partial charge in [0.25, 0.3) is 0 Å². The average Bonchev–Trinajstić information content (AvgIpc) is 2.70. The van der Waals surface area contributed by atoms with E-state index in [1.165, 1.54) is 64.2 Å². The van der Waals surface area contributed by atoms with E-state index in [1.54, 1.807) is 24.3 Å². The lowest BCUT2D eigenvalue weighted by molar-refractivity contribution is -0.137. The topological polar surface area (TPSA) is 70.2 Å². The van der Waals surface area contributed by atoms with Crippen LogP contribution in [0.5, 0.6) is 0 Å². The molecule has 6 heteroatoms. The summed E-state index contributed by atoms with van der Waals surface area (Å²) in [6.07, 6.45) is 14.2. The van der Waals surface area contributed by atoms with Crippen LogP contribution in [-0.4, -0.2) is 28.9 Å². The monoisotopic (exact) mass is 417 g/mol. The van der Waals surface area contributed by atoms with Crippen LogP contribution in [0.25, 0.3) is 0 Å². The molecule has 1 aromatic carbocycles. The van der Waals surface area contributed by atoms with Gasteiger partial charge in [-0.2, -0.15) is 0 Å². The van der Waals surface area contributed by atoms with Gasteiger partial charge in [0.15, 0.2) is 0 Å². The maximum absolute atomic E-state index is 12.7. The molecule has 29 heavy (non-hydrogen) atoms. The van der Waals surface area contributed by atoms with Gasteiger partial charge in [0.1, 0.15) is 0 Å². The zero-order valence-corrected chi connectivity index (χ0v) is 17.8. The normalized spacial score (nSPS) is 25.5. The number of rotatable bonds is 2. The Hall–Kier alpha value is -1.59. The molecule has 2 aliphatic carbocycles. The minimum atomic E-state index is -0.610. The van der Waals surface area contributed by atoms with Gasteiger partial charge < -0.3 is 16.0 Å². The third-order valence-electron chi connectivity index (χ3n) is 7.07. The summed E-state index contributed by atoms with van der Waals surface area (Å²) >= 11 is 5.88. The quantitative estimate of drug-likeness (QED) is 0.618. The number of hydrogen-bond donors (Lipinski definition) is 3. The third kappa shape index (κ3) is 4.95. The van der Waals surface area contributed by atoms with Crippen molar-refractivity contribution in [1.29, 1.82) is 0 Å². The van der Waals surface area contributed by atoms with E-state index in [0.29, 0.717) is 10.7 Å². The zero-order valence-electron chi connectivity index (χ0n) is 17.1. The van der Waals surface area contributed by atoms with Gasteiger partial charge in [-0.05, 0) is 62.8 Å². The Morgan fingerprint density at radius 2 is 1.34 bits per heavy atom. The van der Waals surface area contributed by atoms with Crippen molar-refractivity contribution in [2.45, 2.75) is 94.2 Å². The largest absolute Gasteiger partial charge is 0.345 e. The van der Waals surface area contributed by atoms with E-state index in [4.69, 9.17) is 11.6 Å². The Bertz CT molecular complexity index is 711. The standard InChI is InChI=1S/C23H32ClN3O2/c24-17-7-9-18(10-8-17)25-20(28)21(29)26-19-15-22(11-3-1-4-12-22)27-23(16-19)13-5-2-6-14-23/h7-10,19,27H,1-6,11-16H2,(H,25,28)(H,26,29). The number of carbonyl (C=O) groups is 2. The Labute approximate surface area is 178 Å². The van der Waals surface area contributed by atoms with Crippen molar-refractivity contribution >= 4 is 29.1 Å². The molecule has 1 aromatic rings. The third-order valence-corrected chi connectivity index (χ3v) is 7.32. The van der Waals surface area contributed by atoms with E-state index in [9.17, 15) is 9.59 Å². The smallest absolute Gasteiger partial charge is 0.313 e. The predicted molar refractivity (Wildman–Crippen MR) is 116 cm³/mol. The first-order valence-corrected chi connectivity index (χ1v) is 11.5. The second-order valence-electron chi connectivity index (χ2n) is 9.35. The number of halogens is 1. The number of hydrogen-bond acceptors (Lipinski definition) is 3. The molecule has 0 bridgehead atoms. The van der Waals surface area contributed by atoms with Gasteiger partial charge in [-0.15, -0.1) is 0 Å². The molecule has 158 valence electrons. The number of benzene rings is 1. The fourth-order valence-corrected chi connectivity index (χ4v) is 6.00. The molecule has 0 aromatic heterocycles. The van der Waals surface area contributed by atoms with E-state index in [1.807, 2.05) is 0 Å². The van der Waals surface area contributed by atoms with Crippen molar-refractivity contribution < 1.29 is 9.59 Å². The van der Waals surface area contributed by atoms with Crippen LogP contribution in [0.15, 0.2) is 24.3 Å². The molecular weight excluding hydrogens is 386 g/mol. The van der Waals surface area contributed by atoms with Gasteiger partial charge in [0.05, 0.1) is 0 Å². The molecule has 3 aliphatic rings. The van der Waals surface area contributed by atoms with Crippen molar-refractivity contribution in [1.82, 2.24) is 10.6 Å². The molecule has 0 radical (unpaired) electrons. The SMILES string of the molecule is O=C(Nc1ccc(Cl)cc1)C(=O)NC1CC2(CCCCC2)NC2(CCCCC2)C1. The molecule has 1 heterocycles. The van der Waals surface area contributed by atoms with Crippen LogP contribution < -0.4 is 16.0 Å². The first-order valence-electron chi connectivity index (χ1n) is 11.1. The molecule has 3 fully saturated rings. The van der Waals surface area contributed by atoms with E-state index < -0.39 is 11.8 Å². The molecular formula is C23H32ClN3O2. The fraction of sp³-hybridized carbons (Fsp3) is 0.652. The van der Waals surface area contributed by atoms with Gasteiger partial charge in [0.2, 0.25) is 0 Å². The number of piperidine rings is 1. The molecule has 2 amide bonds. The molecule has 3 N–H and O–H groups in total. The van der Waals surface area contributed by atoms with E-state index >= 15 is 0 Å². The van der Waals surface area contributed by atoms with Gasteiger partial charge in [-0.3, -0.25) is 9.59 Å². The highest BCUT2D eigenvalue weighted by molar-refractivity contribution is 6.39. The average molecular weight is 418 g/mol. The number of anilines is 1. The van der Waals surface area contributed by atoms with Crippen molar-refractivity contribution in [3.05, 3.63) is 29.3 Å². The summed E-state index contributed by atoms with van der Waals surface area (Å²) in [6, 6.07) is 6.84. The molecule has 5 nitrogen and oxygen atoms in total. The molecule has 2 saturated carbocycles. The van der Waals surface area contributed by atoms with Crippen LogP contribution in [0.1, 0.15) is 77.0 Å². The van der Waals surface area contributed by atoms with Crippen molar-refractivity contribution in [2.24, 2.45) is 0 Å². The van der Waals surface area contributed by atoms with Crippen LogP contribution in [0.2, 0.25) is 5.02 Å². The summed E-state index contributed by atoms with van der Waals surface area (Å²) in [4.78, 5) is 25.1. The van der Waals surface area contributed by atoms with Gasteiger partial charge in [-0.1, -0.05) is 50.1 Å². The minimum absolute atomic E-state index is 0.0518. The maximum atomic E-state index is 12.7. The highest BCUT2D eigenvalue weighted by atomic mass is 35.5. The van der Waals surface area contributed by atoms with E-state index in [-0.39, 0.29) is 17.1 Å². The van der Waals surface area contributed by atoms with E-state index in [2.05, 4.69) is 16.0 Å². The predicted octanol–water partition coefficient (Wildman–Crippen LogP) is 4.55. The molecule has 0 unspecified atom stereocenters. The maximum Gasteiger partial charge on any atom is 0.313 e. The van der Waals surface area contributed by atoms with Crippen molar-refractivity contribution in [2.75, 3.05) is 5.32 Å². The highest BCUT2D eigenvalue weighted by Gasteiger charge is 2.48. The summed E-state index contributed by atoms with van der Waals surface area (Å²) in [5.41, 5.74) is 0.823. The second kappa shape index (κ2) is 8.65. The first kappa shape index (κ1) is 20.7. The van der Waals surface area contributed by atoms with E-state index in [0.717, 1.165) is 12.8 Å². The van der Waals surface area contributed by atoms with Gasteiger partial charge >= 0.3 is 11.8 Å². The highest BCUT2D eigenvalue weighted by Crippen LogP contribution is 2.44. The zero-order chi connectivity index (χ0) is 20.3. The minimum Gasteiger partial charge on any atom is -0.345 e.